The Morgan fingerprint density at radius 2 is 2.08 bits per heavy atom. The monoisotopic (exact) mass is 332 g/mol. The summed E-state index contributed by atoms with van der Waals surface area (Å²) in [6.45, 7) is 0. The van der Waals surface area contributed by atoms with Crippen molar-refractivity contribution in [1.82, 2.24) is 4.98 Å². The number of pyridine rings is 1. The number of anilines is 1. The standard InChI is InChI=1S/C6H3Cl2IN2O2/c7-1-3(10)2(9)4(6(12)13)11-5(1)8/h(H2,10,11)(H,12,13). The highest BCUT2D eigenvalue weighted by atomic mass is 127. The molecule has 0 spiro atoms. The van der Waals surface area contributed by atoms with Crippen molar-refractivity contribution in [2.24, 2.45) is 0 Å². The Hall–Kier alpha value is -0.270. The number of halogens is 3. The fourth-order valence-corrected chi connectivity index (χ4v) is 1.78. The third-order valence-corrected chi connectivity index (χ3v) is 3.12. The van der Waals surface area contributed by atoms with E-state index in [4.69, 9.17) is 34.0 Å². The number of hydrogen-bond acceptors (Lipinski definition) is 3. The Labute approximate surface area is 97.2 Å². The largest absolute Gasteiger partial charge is 0.476 e. The van der Waals surface area contributed by atoms with E-state index in [1.807, 2.05) is 0 Å². The number of carbonyl (C=O) groups is 1. The van der Waals surface area contributed by atoms with Gasteiger partial charge in [0, 0.05) is 0 Å². The SMILES string of the molecule is Nc1c(Cl)c(Cl)nc(C(=O)O)c1I. The average Bonchev–Trinajstić information content (AvgIpc) is 2.07. The van der Waals surface area contributed by atoms with Gasteiger partial charge in [0.1, 0.15) is 5.02 Å². The minimum absolute atomic E-state index is 0.0797. The average molecular weight is 333 g/mol. The van der Waals surface area contributed by atoms with Gasteiger partial charge < -0.3 is 10.8 Å². The second kappa shape index (κ2) is 3.85. The Balaban J connectivity index is 3.50. The summed E-state index contributed by atoms with van der Waals surface area (Å²) in [5, 5.41) is 8.66. The van der Waals surface area contributed by atoms with Gasteiger partial charge in [-0.05, 0) is 22.6 Å². The minimum atomic E-state index is -1.19. The number of aromatic carboxylic acids is 1. The van der Waals surface area contributed by atoms with Gasteiger partial charge in [0.15, 0.2) is 10.8 Å². The van der Waals surface area contributed by atoms with Crippen molar-refractivity contribution in [2.75, 3.05) is 5.73 Å². The van der Waals surface area contributed by atoms with Crippen LogP contribution in [0, 0.1) is 3.57 Å². The number of nitrogens with zero attached hydrogens (tertiary/aromatic N) is 1. The summed E-state index contributed by atoms with van der Waals surface area (Å²) >= 11 is 12.9. The zero-order valence-electron chi connectivity index (χ0n) is 6.01. The number of nitrogens with two attached hydrogens (primary N) is 1. The van der Waals surface area contributed by atoms with E-state index in [9.17, 15) is 4.79 Å². The van der Waals surface area contributed by atoms with E-state index in [0.717, 1.165) is 0 Å². The molecule has 3 N–H and O–H groups in total. The van der Waals surface area contributed by atoms with Crippen LogP contribution in [0.4, 0.5) is 5.69 Å². The number of carboxylic acids is 1. The van der Waals surface area contributed by atoms with Gasteiger partial charge in [0.2, 0.25) is 0 Å². The van der Waals surface area contributed by atoms with Crippen molar-refractivity contribution < 1.29 is 9.90 Å². The van der Waals surface area contributed by atoms with E-state index in [0.29, 0.717) is 3.57 Å². The fraction of sp³-hybridized carbons (Fsp3) is 0. The molecule has 70 valence electrons. The number of aromatic nitrogens is 1. The maximum absolute atomic E-state index is 10.6. The summed E-state index contributed by atoms with van der Waals surface area (Å²) < 4.78 is 0.291. The van der Waals surface area contributed by atoms with E-state index in [1.54, 1.807) is 22.6 Å². The molecule has 0 aliphatic rings. The lowest BCUT2D eigenvalue weighted by Gasteiger charge is -2.05. The molecule has 0 aliphatic carbocycles. The Morgan fingerprint density at radius 1 is 1.54 bits per heavy atom. The van der Waals surface area contributed by atoms with E-state index in [2.05, 4.69) is 4.98 Å². The van der Waals surface area contributed by atoms with Crippen LogP contribution in [0.15, 0.2) is 0 Å². The molecule has 0 atom stereocenters. The maximum atomic E-state index is 10.6. The number of rotatable bonds is 1. The molecule has 1 heterocycles. The molecule has 13 heavy (non-hydrogen) atoms. The van der Waals surface area contributed by atoms with Gasteiger partial charge in [-0.1, -0.05) is 23.2 Å². The highest BCUT2D eigenvalue weighted by molar-refractivity contribution is 14.1. The van der Waals surface area contributed by atoms with Crippen molar-refractivity contribution >= 4 is 57.4 Å². The summed E-state index contributed by atoms with van der Waals surface area (Å²) in [6, 6.07) is 0. The first-order valence-corrected chi connectivity index (χ1v) is 4.82. The summed E-state index contributed by atoms with van der Waals surface area (Å²) in [4.78, 5) is 14.2. The van der Waals surface area contributed by atoms with Crippen LogP contribution in [-0.4, -0.2) is 16.1 Å². The van der Waals surface area contributed by atoms with Crippen LogP contribution in [0.3, 0.4) is 0 Å². The van der Waals surface area contributed by atoms with Crippen LogP contribution in [0.1, 0.15) is 10.5 Å². The molecule has 0 aliphatic heterocycles. The maximum Gasteiger partial charge on any atom is 0.355 e. The third kappa shape index (κ3) is 1.97. The van der Waals surface area contributed by atoms with Crippen molar-refractivity contribution in [3.8, 4) is 0 Å². The highest BCUT2D eigenvalue weighted by Crippen LogP contribution is 2.31. The molecule has 0 amide bonds. The summed E-state index contributed by atoms with van der Waals surface area (Å²) in [6.07, 6.45) is 0. The Morgan fingerprint density at radius 3 is 2.54 bits per heavy atom. The van der Waals surface area contributed by atoms with Crippen LogP contribution in [-0.2, 0) is 0 Å². The predicted molar refractivity (Wildman–Crippen MR) is 58.3 cm³/mol. The predicted octanol–water partition coefficient (Wildman–Crippen LogP) is 2.27. The molecule has 0 bridgehead atoms. The van der Waals surface area contributed by atoms with Crippen LogP contribution in [0.2, 0.25) is 10.2 Å². The lowest BCUT2D eigenvalue weighted by Crippen LogP contribution is -2.07. The molecule has 4 nitrogen and oxygen atoms in total. The smallest absolute Gasteiger partial charge is 0.355 e. The molecule has 1 aromatic heterocycles. The van der Waals surface area contributed by atoms with Gasteiger partial charge in [-0.25, -0.2) is 9.78 Å². The fourth-order valence-electron chi connectivity index (χ4n) is 0.673. The van der Waals surface area contributed by atoms with Crippen molar-refractivity contribution in [3.63, 3.8) is 0 Å². The zero-order valence-corrected chi connectivity index (χ0v) is 9.68. The Kier molecular flexibility index (Phi) is 3.20. The van der Waals surface area contributed by atoms with Gasteiger partial charge in [-0.15, -0.1) is 0 Å². The van der Waals surface area contributed by atoms with Crippen molar-refractivity contribution in [2.45, 2.75) is 0 Å². The van der Waals surface area contributed by atoms with Gasteiger partial charge in [-0.3, -0.25) is 0 Å². The summed E-state index contributed by atoms with van der Waals surface area (Å²) in [7, 11) is 0. The van der Waals surface area contributed by atoms with E-state index in [1.165, 1.54) is 0 Å². The number of carboxylic acid groups (broad SMARTS) is 1. The molecule has 1 aromatic rings. The molecule has 0 saturated carbocycles. The quantitative estimate of drug-likeness (QED) is 0.611. The Bertz CT molecular complexity index is 383. The van der Waals surface area contributed by atoms with Crippen LogP contribution < -0.4 is 5.73 Å². The van der Waals surface area contributed by atoms with E-state index < -0.39 is 5.97 Å². The number of nitrogen functional groups attached to an aromatic ring is 1. The second-order valence-electron chi connectivity index (χ2n) is 2.10. The van der Waals surface area contributed by atoms with Gasteiger partial charge in [0.05, 0.1) is 9.26 Å². The molecule has 7 heteroatoms. The lowest BCUT2D eigenvalue weighted by molar-refractivity contribution is 0.0689. The lowest BCUT2D eigenvalue weighted by atomic mass is 10.3. The van der Waals surface area contributed by atoms with E-state index >= 15 is 0 Å². The summed E-state index contributed by atoms with van der Waals surface area (Å²) in [5.74, 6) is -1.19. The van der Waals surface area contributed by atoms with Gasteiger partial charge in [0.25, 0.3) is 0 Å². The van der Waals surface area contributed by atoms with Crippen molar-refractivity contribution in [1.29, 1.82) is 0 Å². The molecule has 0 fully saturated rings. The highest BCUT2D eigenvalue weighted by Gasteiger charge is 2.17. The normalized spacial score (nSPS) is 10.1. The second-order valence-corrected chi connectivity index (χ2v) is 3.91. The third-order valence-electron chi connectivity index (χ3n) is 1.27. The number of hydrogen-bond donors (Lipinski definition) is 2. The molecule has 0 radical (unpaired) electrons. The molecular formula is C6H3Cl2IN2O2. The zero-order chi connectivity index (χ0) is 10.2. The first-order valence-electron chi connectivity index (χ1n) is 2.98. The van der Waals surface area contributed by atoms with Crippen LogP contribution in [0.25, 0.3) is 0 Å². The van der Waals surface area contributed by atoms with Crippen LogP contribution >= 0.6 is 45.8 Å². The topological polar surface area (TPSA) is 76.2 Å². The molecular weight excluding hydrogens is 330 g/mol. The molecule has 0 aromatic carbocycles. The molecule has 1 rings (SSSR count). The summed E-state index contributed by atoms with van der Waals surface area (Å²) in [5.41, 5.74) is 5.45. The molecule has 0 unspecified atom stereocenters. The first-order chi connectivity index (χ1) is 5.95. The van der Waals surface area contributed by atoms with E-state index in [-0.39, 0.29) is 21.6 Å². The van der Waals surface area contributed by atoms with Crippen LogP contribution in [0.5, 0.6) is 0 Å². The van der Waals surface area contributed by atoms with Gasteiger partial charge >= 0.3 is 5.97 Å². The first kappa shape index (κ1) is 10.8. The molecule has 0 saturated heterocycles. The van der Waals surface area contributed by atoms with Crippen molar-refractivity contribution in [3.05, 3.63) is 19.4 Å². The van der Waals surface area contributed by atoms with Gasteiger partial charge in [-0.2, -0.15) is 0 Å². The minimum Gasteiger partial charge on any atom is -0.476 e.